The Morgan fingerprint density at radius 2 is 2.31 bits per heavy atom. The Morgan fingerprint density at radius 3 is 3.08 bits per heavy atom. The lowest BCUT2D eigenvalue weighted by Crippen LogP contribution is -2.21. The highest BCUT2D eigenvalue weighted by atomic mass is 127. The van der Waals surface area contributed by atoms with Gasteiger partial charge >= 0.3 is 0 Å². The van der Waals surface area contributed by atoms with Gasteiger partial charge in [0.2, 0.25) is 0 Å². The van der Waals surface area contributed by atoms with Crippen LogP contribution in [0.4, 0.5) is 4.39 Å². The largest absolute Gasteiger partial charge is 0.493 e. The van der Waals surface area contributed by atoms with E-state index in [2.05, 4.69) is 22.6 Å². The number of benzene rings is 1. The van der Waals surface area contributed by atoms with Gasteiger partial charge in [0.1, 0.15) is 11.6 Å². The van der Waals surface area contributed by atoms with Gasteiger partial charge in [-0.05, 0) is 28.7 Å². The van der Waals surface area contributed by atoms with Crippen molar-refractivity contribution < 1.29 is 9.13 Å². The van der Waals surface area contributed by atoms with E-state index in [1.807, 2.05) is 0 Å². The summed E-state index contributed by atoms with van der Waals surface area (Å²) >= 11 is 2.08. The Labute approximate surface area is 89.4 Å². The molecule has 1 aromatic carbocycles. The van der Waals surface area contributed by atoms with Gasteiger partial charge in [-0.2, -0.15) is 0 Å². The Bertz CT molecular complexity index is 343. The van der Waals surface area contributed by atoms with Crippen LogP contribution in [0.25, 0.3) is 0 Å². The van der Waals surface area contributed by atoms with Crippen molar-refractivity contribution in [2.24, 2.45) is 5.73 Å². The maximum atomic E-state index is 13.0. The lowest BCUT2D eigenvalue weighted by Gasteiger charge is -2.23. The van der Waals surface area contributed by atoms with Crippen molar-refractivity contribution in [2.45, 2.75) is 12.5 Å². The van der Waals surface area contributed by atoms with E-state index in [1.54, 1.807) is 0 Å². The maximum Gasteiger partial charge on any atom is 0.128 e. The van der Waals surface area contributed by atoms with Crippen molar-refractivity contribution in [1.29, 1.82) is 0 Å². The molecular weight excluding hydrogens is 284 g/mol. The average molecular weight is 293 g/mol. The number of rotatable bonds is 0. The Hall–Kier alpha value is -0.360. The van der Waals surface area contributed by atoms with Crippen LogP contribution in [0.15, 0.2) is 12.1 Å². The zero-order valence-electron chi connectivity index (χ0n) is 6.89. The first-order valence-electron chi connectivity index (χ1n) is 4.06. The van der Waals surface area contributed by atoms with Gasteiger partial charge in [0.15, 0.2) is 0 Å². The highest BCUT2D eigenvalue weighted by Gasteiger charge is 2.21. The van der Waals surface area contributed by atoms with Crippen LogP contribution in [0, 0.1) is 9.39 Å². The maximum absolute atomic E-state index is 13.0. The third-order valence-electron chi connectivity index (χ3n) is 2.11. The van der Waals surface area contributed by atoms with Crippen LogP contribution in [0.2, 0.25) is 0 Å². The summed E-state index contributed by atoms with van der Waals surface area (Å²) in [6, 6.07) is 2.86. The number of fused-ring (bicyclic) bond motifs is 1. The molecule has 2 N–H and O–H groups in total. The Morgan fingerprint density at radius 1 is 1.54 bits per heavy atom. The molecule has 0 bridgehead atoms. The van der Waals surface area contributed by atoms with Gasteiger partial charge in [0, 0.05) is 27.7 Å². The number of hydrogen-bond donors (Lipinski definition) is 1. The molecule has 2 rings (SSSR count). The van der Waals surface area contributed by atoms with E-state index in [-0.39, 0.29) is 11.9 Å². The number of halogens is 2. The lowest BCUT2D eigenvalue weighted by molar-refractivity contribution is 0.266. The second-order valence-corrected chi connectivity index (χ2v) is 4.21. The minimum absolute atomic E-state index is 0.0174. The van der Waals surface area contributed by atoms with Crippen LogP contribution in [0.5, 0.6) is 5.75 Å². The fourth-order valence-corrected chi connectivity index (χ4v) is 2.44. The summed E-state index contributed by atoms with van der Waals surface area (Å²) in [6.07, 6.45) is 0.800. The smallest absolute Gasteiger partial charge is 0.128 e. The Kier molecular flexibility index (Phi) is 2.42. The predicted octanol–water partition coefficient (Wildman–Crippen LogP) is 2.21. The molecule has 0 fully saturated rings. The molecule has 0 spiro atoms. The van der Waals surface area contributed by atoms with E-state index >= 15 is 0 Å². The molecular formula is C9H9FINO. The summed E-state index contributed by atoms with van der Waals surface area (Å²) in [5.41, 5.74) is 6.83. The van der Waals surface area contributed by atoms with Gasteiger partial charge in [-0.1, -0.05) is 0 Å². The second-order valence-electron chi connectivity index (χ2n) is 3.04. The number of nitrogens with two attached hydrogens (primary N) is 1. The van der Waals surface area contributed by atoms with E-state index in [1.165, 1.54) is 12.1 Å². The summed E-state index contributed by atoms with van der Waals surface area (Å²) in [5, 5.41) is 0. The first kappa shape index (κ1) is 9.21. The van der Waals surface area contributed by atoms with Gasteiger partial charge in [-0.3, -0.25) is 0 Å². The molecule has 13 heavy (non-hydrogen) atoms. The molecule has 1 unspecified atom stereocenters. The number of ether oxygens (including phenoxy) is 1. The van der Waals surface area contributed by atoms with Crippen LogP contribution in [0.1, 0.15) is 18.0 Å². The van der Waals surface area contributed by atoms with Gasteiger partial charge in [0.05, 0.1) is 6.61 Å². The van der Waals surface area contributed by atoms with Crippen molar-refractivity contribution in [3.8, 4) is 5.75 Å². The minimum atomic E-state index is -0.266. The molecule has 0 aliphatic carbocycles. The topological polar surface area (TPSA) is 35.2 Å². The molecule has 1 aliphatic rings. The van der Waals surface area contributed by atoms with E-state index < -0.39 is 0 Å². The standard InChI is InChI=1S/C9H9FINO/c10-5-3-6(11)9-7(12)1-2-13-8(9)4-5/h3-4,7H,1-2,12H2. The lowest BCUT2D eigenvalue weighted by atomic mass is 10.0. The van der Waals surface area contributed by atoms with E-state index in [4.69, 9.17) is 10.5 Å². The molecule has 0 radical (unpaired) electrons. The second kappa shape index (κ2) is 3.42. The van der Waals surface area contributed by atoms with Crippen molar-refractivity contribution in [1.82, 2.24) is 0 Å². The summed E-state index contributed by atoms with van der Waals surface area (Å²) in [5.74, 6) is 0.334. The fraction of sp³-hybridized carbons (Fsp3) is 0.333. The van der Waals surface area contributed by atoms with Crippen molar-refractivity contribution in [3.63, 3.8) is 0 Å². The summed E-state index contributed by atoms with van der Waals surface area (Å²) in [7, 11) is 0. The third kappa shape index (κ3) is 1.65. The van der Waals surface area contributed by atoms with Crippen LogP contribution < -0.4 is 10.5 Å². The van der Waals surface area contributed by atoms with Gasteiger partial charge in [-0.15, -0.1) is 0 Å². The number of hydrogen-bond acceptors (Lipinski definition) is 2. The molecule has 1 aliphatic heterocycles. The monoisotopic (exact) mass is 293 g/mol. The molecule has 0 aromatic heterocycles. The van der Waals surface area contributed by atoms with Gasteiger partial charge < -0.3 is 10.5 Å². The highest BCUT2D eigenvalue weighted by Crippen LogP contribution is 2.34. The first-order valence-corrected chi connectivity index (χ1v) is 5.13. The van der Waals surface area contributed by atoms with Crippen molar-refractivity contribution >= 4 is 22.6 Å². The van der Waals surface area contributed by atoms with E-state index in [0.717, 1.165) is 15.6 Å². The van der Waals surface area contributed by atoms with Crippen LogP contribution in [-0.4, -0.2) is 6.61 Å². The van der Waals surface area contributed by atoms with Crippen molar-refractivity contribution in [3.05, 3.63) is 27.1 Å². The average Bonchev–Trinajstić information content (AvgIpc) is 2.02. The van der Waals surface area contributed by atoms with E-state index in [9.17, 15) is 4.39 Å². The Balaban J connectivity index is 2.56. The van der Waals surface area contributed by atoms with Gasteiger partial charge in [0.25, 0.3) is 0 Å². The zero-order valence-corrected chi connectivity index (χ0v) is 9.05. The molecule has 0 saturated heterocycles. The molecule has 0 amide bonds. The fourth-order valence-electron chi connectivity index (χ4n) is 1.48. The third-order valence-corrected chi connectivity index (χ3v) is 3.01. The molecule has 0 saturated carbocycles. The summed E-state index contributed by atoms with van der Waals surface area (Å²) in [4.78, 5) is 0. The molecule has 2 nitrogen and oxygen atoms in total. The minimum Gasteiger partial charge on any atom is -0.493 e. The van der Waals surface area contributed by atoms with Gasteiger partial charge in [-0.25, -0.2) is 4.39 Å². The SMILES string of the molecule is NC1CCOc2cc(F)cc(I)c21. The first-order chi connectivity index (χ1) is 6.18. The van der Waals surface area contributed by atoms with Crippen molar-refractivity contribution in [2.75, 3.05) is 6.61 Å². The summed E-state index contributed by atoms with van der Waals surface area (Å²) < 4.78 is 19.1. The summed E-state index contributed by atoms with van der Waals surface area (Å²) in [6.45, 7) is 0.577. The molecule has 1 heterocycles. The highest BCUT2D eigenvalue weighted by molar-refractivity contribution is 14.1. The molecule has 1 aromatic rings. The van der Waals surface area contributed by atoms with Crippen LogP contribution in [0.3, 0.4) is 0 Å². The molecule has 70 valence electrons. The molecule has 4 heteroatoms. The van der Waals surface area contributed by atoms with E-state index in [0.29, 0.717) is 12.4 Å². The molecule has 1 atom stereocenters. The zero-order chi connectivity index (χ0) is 9.42. The predicted molar refractivity (Wildman–Crippen MR) is 56.2 cm³/mol. The quantitative estimate of drug-likeness (QED) is 0.744. The normalized spacial score (nSPS) is 20.7. The van der Waals surface area contributed by atoms with Crippen LogP contribution in [-0.2, 0) is 0 Å². The van der Waals surface area contributed by atoms with Crippen LogP contribution >= 0.6 is 22.6 Å².